The van der Waals surface area contributed by atoms with Gasteiger partial charge in [0.25, 0.3) is 0 Å². The molecule has 7 heteroatoms. The monoisotopic (exact) mass is 294 g/mol. The summed E-state index contributed by atoms with van der Waals surface area (Å²) in [6, 6.07) is 2.16. The highest BCUT2D eigenvalue weighted by molar-refractivity contribution is 8.00. The Bertz CT molecular complexity index is 491. The Morgan fingerprint density at radius 2 is 2.40 bits per heavy atom. The van der Waals surface area contributed by atoms with Crippen molar-refractivity contribution in [2.75, 3.05) is 31.3 Å². The van der Waals surface area contributed by atoms with Gasteiger partial charge in [0.1, 0.15) is 6.54 Å². The van der Waals surface area contributed by atoms with Crippen molar-refractivity contribution in [3.8, 4) is 0 Å². The minimum Gasteiger partial charge on any atom is -0.339 e. The topological polar surface area (TPSA) is 58.4 Å². The molecule has 108 valence electrons. The molecule has 6 nitrogen and oxygen atoms in total. The second kappa shape index (κ2) is 5.87. The summed E-state index contributed by atoms with van der Waals surface area (Å²) in [6.07, 6.45) is 5.74. The quantitative estimate of drug-likeness (QED) is 0.818. The molecule has 20 heavy (non-hydrogen) atoms. The van der Waals surface area contributed by atoms with Crippen LogP contribution in [0.15, 0.2) is 18.5 Å². The number of thioether (sulfide) groups is 1. The van der Waals surface area contributed by atoms with Gasteiger partial charge in [-0.15, -0.1) is 11.8 Å². The summed E-state index contributed by atoms with van der Waals surface area (Å²) >= 11 is 1.57. The average molecular weight is 294 g/mol. The van der Waals surface area contributed by atoms with Crippen molar-refractivity contribution in [3.63, 3.8) is 0 Å². The Morgan fingerprint density at radius 1 is 1.50 bits per heavy atom. The van der Waals surface area contributed by atoms with Crippen LogP contribution in [0.25, 0.3) is 0 Å². The maximum Gasteiger partial charge on any atom is 0.242 e. The molecule has 0 spiro atoms. The molecule has 3 heterocycles. The molecule has 3 rings (SSSR count). The van der Waals surface area contributed by atoms with E-state index < -0.39 is 0 Å². The SMILES string of the molecule is O=C1CSCN1CC(=O)N1CCC[C@@H](n2cccn2)C1. The van der Waals surface area contributed by atoms with Gasteiger partial charge >= 0.3 is 0 Å². The molecule has 1 atom stereocenters. The van der Waals surface area contributed by atoms with Crippen LogP contribution < -0.4 is 0 Å². The molecule has 0 saturated carbocycles. The summed E-state index contributed by atoms with van der Waals surface area (Å²) in [4.78, 5) is 27.4. The lowest BCUT2D eigenvalue weighted by Gasteiger charge is -2.33. The number of piperidine rings is 1. The van der Waals surface area contributed by atoms with E-state index >= 15 is 0 Å². The molecule has 2 amide bonds. The molecule has 2 aliphatic rings. The molecular formula is C13H18N4O2S. The molecular weight excluding hydrogens is 276 g/mol. The molecule has 0 bridgehead atoms. The van der Waals surface area contributed by atoms with Crippen molar-refractivity contribution in [3.05, 3.63) is 18.5 Å². The predicted octanol–water partition coefficient (Wildman–Crippen LogP) is 0.579. The number of carbonyl (C=O) groups is 2. The van der Waals surface area contributed by atoms with Crippen molar-refractivity contribution in [2.24, 2.45) is 0 Å². The Labute approximate surface area is 122 Å². The summed E-state index contributed by atoms with van der Waals surface area (Å²) in [7, 11) is 0. The Kier molecular flexibility index (Phi) is 3.95. The van der Waals surface area contributed by atoms with Gasteiger partial charge in [-0.3, -0.25) is 14.3 Å². The zero-order chi connectivity index (χ0) is 13.9. The highest BCUT2D eigenvalue weighted by Gasteiger charge is 2.28. The van der Waals surface area contributed by atoms with Gasteiger partial charge in [-0.2, -0.15) is 5.10 Å². The molecule has 1 aromatic rings. The maximum atomic E-state index is 12.3. The van der Waals surface area contributed by atoms with E-state index in [1.54, 1.807) is 22.9 Å². The van der Waals surface area contributed by atoms with E-state index in [0.717, 1.165) is 19.4 Å². The number of likely N-dealkylation sites (tertiary alicyclic amines) is 1. The van der Waals surface area contributed by atoms with E-state index in [0.29, 0.717) is 18.2 Å². The van der Waals surface area contributed by atoms with Gasteiger partial charge in [0.2, 0.25) is 11.8 Å². The Balaban J connectivity index is 1.59. The van der Waals surface area contributed by atoms with Gasteiger partial charge in [-0.05, 0) is 18.9 Å². The standard InChI is InChI=1S/C13H18N4O2S/c18-12(8-16-10-20-9-13(16)19)15-5-1-3-11(7-15)17-6-2-4-14-17/h2,4,6,11H,1,3,5,7-10H2/t11-/m1/s1. The zero-order valence-electron chi connectivity index (χ0n) is 11.3. The fourth-order valence-electron chi connectivity index (χ4n) is 2.70. The number of carbonyl (C=O) groups excluding carboxylic acids is 2. The van der Waals surface area contributed by atoms with Crippen molar-refractivity contribution < 1.29 is 9.59 Å². The van der Waals surface area contributed by atoms with Gasteiger partial charge in [0, 0.05) is 25.5 Å². The first-order chi connectivity index (χ1) is 9.74. The Morgan fingerprint density at radius 3 is 3.10 bits per heavy atom. The minimum absolute atomic E-state index is 0.0534. The first-order valence-corrected chi connectivity index (χ1v) is 8.02. The van der Waals surface area contributed by atoms with Crippen LogP contribution in [0.1, 0.15) is 18.9 Å². The van der Waals surface area contributed by atoms with Crippen LogP contribution in [0, 0.1) is 0 Å². The Hall–Kier alpha value is -1.50. The number of hydrogen-bond acceptors (Lipinski definition) is 4. The van der Waals surface area contributed by atoms with Crippen LogP contribution in [0.2, 0.25) is 0 Å². The summed E-state index contributed by atoms with van der Waals surface area (Å²) in [6.45, 7) is 1.69. The summed E-state index contributed by atoms with van der Waals surface area (Å²) in [5.74, 6) is 1.27. The van der Waals surface area contributed by atoms with Gasteiger partial charge in [0.15, 0.2) is 0 Å². The number of nitrogens with zero attached hydrogens (tertiary/aromatic N) is 4. The third-order valence-corrected chi connectivity index (χ3v) is 4.75. The molecule has 0 radical (unpaired) electrons. The summed E-state index contributed by atoms with van der Waals surface area (Å²) < 4.78 is 1.93. The number of amides is 2. The van der Waals surface area contributed by atoms with Crippen molar-refractivity contribution >= 4 is 23.6 Å². The molecule has 2 aliphatic heterocycles. The summed E-state index contributed by atoms with van der Waals surface area (Å²) in [5.41, 5.74) is 0. The lowest BCUT2D eigenvalue weighted by Crippen LogP contribution is -2.46. The molecule has 0 N–H and O–H groups in total. The van der Waals surface area contributed by atoms with Crippen LogP contribution in [0.4, 0.5) is 0 Å². The lowest BCUT2D eigenvalue weighted by atomic mass is 10.1. The van der Waals surface area contributed by atoms with Crippen LogP contribution in [-0.2, 0) is 9.59 Å². The van der Waals surface area contributed by atoms with Gasteiger partial charge in [-0.25, -0.2) is 0 Å². The zero-order valence-corrected chi connectivity index (χ0v) is 12.1. The van der Waals surface area contributed by atoms with Gasteiger partial charge in [0.05, 0.1) is 17.7 Å². The van der Waals surface area contributed by atoms with Gasteiger partial charge < -0.3 is 9.80 Å². The van der Waals surface area contributed by atoms with E-state index in [1.165, 1.54) is 0 Å². The second-order valence-electron chi connectivity index (χ2n) is 5.19. The first-order valence-electron chi connectivity index (χ1n) is 6.86. The van der Waals surface area contributed by atoms with Crippen LogP contribution in [0.5, 0.6) is 0 Å². The number of rotatable bonds is 3. The first kappa shape index (κ1) is 13.5. The lowest BCUT2D eigenvalue weighted by molar-refractivity contribution is -0.139. The number of hydrogen-bond donors (Lipinski definition) is 0. The minimum atomic E-state index is 0.0534. The van der Waals surface area contributed by atoms with Crippen molar-refractivity contribution in [1.82, 2.24) is 19.6 Å². The smallest absolute Gasteiger partial charge is 0.242 e. The van der Waals surface area contributed by atoms with E-state index in [4.69, 9.17) is 0 Å². The molecule has 0 unspecified atom stereocenters. The second-order valence-corrected chi connectivity index (χ2v) is 6.15. The molecule has 0 aromatic carbocycles. The average Bonchev–Trinajstić information content (AvgIpc) is 3.12. The van der Waals surface area contributed by atoms with E-state index in [-0.39, 0.29) is 24.4 Å². The number of aromatic nitrogens is 2. The molecule has 0 aliphatic carbocycles. The fraction of sp³-hybridized carbons (Fsp3) is 0.615. The molecule has 2 fully saturated rings. The molecule has 1 aromatic heterocycles. The van der Waals surface area contributed by atoms with Crippen molar-refractivity contribution in [2.45, 2.75) is 18.9 Å². The largest absolute Gasteiger partial charge is 0.339 e. The van der Waals surface area contributed by atoms with Crippen LogP contribution in [0.3, 0.4) is 0 Å². The van der Waals surface area contributed by atoms with E-state index in [9.17, 15) is 9.59 Å². The van der Waals surface area contributed by atoms with E-state index in [1.807, 2.05) is 21.8 Å². The third kappa shape index (κ3) is 2.82. The van der Waals surface area contributed by atoms with Crippen LogP contribution >= 0.6 is 11.8 Å². The normalized spacial score (nSPS) is 23.4. The molecule has 2 saturated heterocycles. The third-order valence-electron chi connectivity index (χ3n) is 3.80. The van der Waals surface area contributed by atoms with E-state index in [2.05, 4.69) is 5.10 Å². The van der Waals surface area contributed by atoms with Crippen molar-refractivity contribution in [1.29, 1.82) is 0 Å². The highest BCUT2D eigenvalue weighted by atomic mass is 32.2. The predicted molar refractivity (Wildman–Crippen MR) is 76.1 cm³/mol. The van der Waals surface area contributed by atoms with Crippen LogP contribution in [-0.4, -0.2) is 62.7 Å². The maximum absolute atomic E-state index is 12.3. The highest BCUT2D eigenvalue weighted by Crippen LogP contribution is 2.21. The fourth-order valence-corrected chi connectivity index (χ4v) is 3.60. The summed E-state index contributed by atoms with van der Waals surface area (Å²) in [5, 5.41) is 4.26. The van der Waals surface area contributed by atoms with Gasteiger partial charge in [-0.1, -0.05) is 0 Å².